The fourth-order valence-electron chi connectivity index (χ4n) is 3.28. The van der Waals surface area contributed by atoms with Gasteiger partial charge in [0.25, 0.3) is 0 Å². The number of aliphatic hydroxyl groups is 1. The number of phosphoric acid groups is 1. The van der Waals surface area contributed by atoms with Crippen LogP contribution in [0.5, 0.6) is 0 Å². The standard InChI is InChI=1S/C25H52NO6P/c1-4-5-6-7-8-9-10-11-12-13-14-15-16-17-18-19-21-30-23-25(27)24-32-33(28,29)31-22-20-26(2)3/h11-12,25,27H,4-10,13-24H2,1-3H3,(H,28,29)/b12-11-. The minimum atomic E-state index is -4.13. The molecule has 0 aliphatic heterocycles. The van der Waals surface area contributed by atoms with Crippen molar-refractivity contribution in [1.82, 2.24) is 4.90 Å². The van der Waals surface area contributed by atoms with E-state index < -0.39 is 13.9 Å². The van der Waals surface area contributed by atoms with Crippen LogP contribution in [0.1, 0.15) is 96.8 Å². The second kappa shape index (κ2) is 23.5. The smallest absolute Gasteiger partial charge is 0.388 e. The van der Waals surface area contributed by atoms with Crippen molar-refractivity contribution < 1.29 is 28.3 Å². The Hall–Kier alpha value is -0.270. The van der Waals surface area contributed by atoms with Gasteiger partial charge in [0.05, 0.1) is 19.8 Å². The lowest BCUT2D eigenvalue weighted by molar-refractivity contribution is 0.00186. The normalized spacial score (nSPS) is 14.8. The van der Waals surface area contributed by atoms with Crippen molar-refractivity contribution in [1.29, 1.82) is 0 Å². The quantitative estimate of drug-likeness (QED) is 0.0903. The van der Waals surface area contributed by atoms with Gasteiger partial charge in [0.15, 0.2) is 0 Å². The van der Waals surface area contributed by atoms with E-state index in [4.69, 9.17) is 13.8 Å². The number of rotatable bonds is 25. The highest BCUT2D eigenvalue weighted by Crippen LogP contribution is 2.42. The summed E-state index contributed by atoms with van der Waals surface area (Å²) in [6.07, 6.45) is 21.4. The Bertz CT molecular complexity index is 490. The molecule has 0 amide bonds. The van der Waals surface area contributed by atoms with Crippen molar-refractivity contribution in [2.24, 2.45) is 0 Å². The first-order valence-corrected chi connectivity index (χ1v) is 14.5. The van der Waals surface area contributed by atoms with E-state index in [0.29, 0.717) is 13.2 Å². The molecule has 2 atom stereocenters. The highest BCUT2D eigenvalue weighted by Gasteiger charge is 2.22. The molecule has 2 unspecified atom stereocenters. The van der Waals surface area contributed by atoms with Gasteiger partial charge in [0.1, 0.15) is 6.10 Å². The average Bonchev–Trinajstić information content (AvgIpc) is 2.76. The molecule has 0 rings (SSSR count). The van der Waals surface area contributed by atoms with Crippen LogP contribution in [0.2, 0.25) is 0 Å². The number of hydrogen-bond donors (Lipinski definition) is 2. The molecule has 0 aliphatic carbocycles. The minimum Gasteiger partial charge on any atom is -0.388 e. The van der Waals surface area contributed by atoms with Gasteiger partial charge in [-0.1, -0.05) is 76.9 Å². The number of ether oxygens (including phenoxy) is 1. The molecule has 198 valence electrons. The van der Waals surface area contributed by atoms with E-state index in [2.05, 4.69) is 19.1 Å². The van der Waals surface area contributed by atoms with Crippen LogP contribution in [0.4, 0.5) is 0 Å². The van der Waals surface area contributed by atoms with Gasteiger partial charge < -0.3 is 19.6 Å². The van der Waals surface area contributed by atoms with Crippen LogP contribution in [-0.4, -0.2) is 68.1 Å². The number of unbranched alkanes of at least 4 members (excludes halogenated alkanes) is 12. The first kappa shape index (κ1) is 32.7. The zero-order valence-electron chi connectivity index (χ0n) is 21.6. The van der Waals surface area contributed by atoms with Gasteiger partial charge in [-0.15, -0.1) is 0 Å². The molecular formula is C25H52NO6P. The summed E-state index contributed by atoms with van der Waals surface area (Å²) in [5.74, 6) is 0. The van der Waals surface area contributed by atoms with E-state index in [1.165, 1.54) is 77.0 Å². The largest absolute Gasteiger partial charge is 0.472 e. The predicted octanol–water partition coefficient (Wildman–Crippen LogP) is 6.10. The fraction of sp³-hybridized carbons (Fsp3) is 0.920. The third-order valence-electron chi connectivity index (χ3n) is 5.33. The summed E-state index contributed by atoms with van der Waals surface area (Å²) in [4.78, 5) is 11.4. The molecule has 8 heteroatoms. The van der Waals surface area contributed by atoms with E-state index in [0.717, 1.165) is 12.8 Å². The van der Waals surface area contributed by atoms with E-state index in [1.54, 1.807) is 0 Å². The SMILES string of the molecule is CCCCCCCC/C=C\CCCCCCCCOCC(O)COP(=O)(O)OCCN(C)C. The molecule has 0 heterocycles. The second-order valence-electron chi connectivity index (χ2n) is 9.07. The predicted molar refractivity (Wildman–Crippen MR) is 137 cm³/mol. The summed E-state index contributed by atoms with van der Waals surface area (Å²) in [5.41, 5.74) is 0. The lowest BCUT2D eigenvalue weighted by Crippen LogP contribution is -2.22. The fourth-order valence-corrected chi connectivity index (χ4v) is 4.02. The summed E-state index contributed by atoms with van der Waals surface area (Å²) in [7, 11) is -0.452. The third-order valence-corrected chi connectivity index (χ3v) is 6.32. The van der Waals surface area contributed by atoms with Crippen molar-refractivity contribution in [2.45, 2.75) is 103 Å². The van der Waals surface area contributed by atoms with Crippen LogP contribution < -0.4 is 0 Å². The van der Waals surface area contributed by atoms with Crippen LogP contribution in [0.3, 0.4) is 0 Å². The third kappa shape index (κ3) is 26.2. The zero-order chi connectivity index (χ0) is 24.6. The molecule has 0 fully saturated rings. The summed E-state index contributed by atoms with van der Waals surface area (Å²) in [6, 6.07) is 0. The molecule has 0 radical (unpaired) electrons. The van der Waals surface area contributed by atoms with Crippen molar-refractivity contribution in [3.05, 3.63) is 12.2 Å². The van der Waals surface area contributed by atoms with Gasteiger partial charge in [-0.25, -0.2) is 4.57 Å². The highest BCUT2D eigenvalue weighted by molar-refractivity contribution is 7.47. The molecule has 0 aromatic heterocycles. The Kier molecular flexibility index (Phi) is 23.3. The number of hydrogen-bond acceptors (Lipinski definition) is 6. The van der Waals surface area contributed by atoms with E-state index in [9.17, 15) is 14.6 Å². The molecule has 0 saturated heterocycles. The van der Waals surface area contributed by atoms with Crippen LogP contribution in [0, 0.1) is 0 Å². The summed E-state index contributed by atoms with van der Waals surface area (Å²) < 4.78 is 26.7. The number of phosphoric ester groups is 1. The van der Waals surface area contributed by atoms with Gasteiger partial charge in [0.2, 0.25) is 0 Å². The van der Waals surface area contributed by atoms with Crippen molar-refractivity contribution >= 4 is 7.82 Å². The van der Waals surface area contributed by atoms with Gasteiger partial charge in [-0.3, -0.25) is 9.05 Å². The maximum Gasteiger partial charge on any atom is 0.472 e. The number of nitrogens with zero attached hydrogens (tertiary/aromatic N) is 1. The molecule has 2 N–H and O–H groups in total. The van der Waals surface area contributed by atoms with Gasteiger partial charge in [-0.05, 0) is 46.2 Å². The average molecular weight is 494 g/mol. The molecular weight excluding hydrogens is 441 g/mol. The first-order valence-electron chi connectivity index (χ1n) is 13.0. The minimum absolute atomic E-state index is 0.0861. The van der Waals surface area contributed by atoms with Gasteiger partial charge >= 0.3 is 7.82 Å². The molecule has 0 bridgehead atoms. The van der Waals surface area contributed by atoms with Crippen molar-refractivity contribution in [3.63, 3.8) is 0 Å². The van der Waals surface area contributed by atoms with E-state index in [-0.39, 0.29) is 19.8 Å². The highest BCUT2D eigenvalue weighted by atomic mass is 31.2. The van der Waals surface area contributed by atoms with Crippen molar-refractivity contribution in [2.75, 3.05) is 47.1 Å². The van der Waals surface area contributed by atoms with Crippen LogP contribution in [0.15, 0.2) is 12.2 Å². The van der Waals surface area contributed by atoms with E-state index in [1.807, 2.05) is 19.0 Å². The van der Waals surface area contributed by atoms with E-state index >= 15 is 0 Å². The van der Waals surface area contributed by atoms with Crippen LogP contribution in [0.25, 0.3) is 0 Å². The Morgan fingerprint density at radius 1 is 0.788 bits per heavy atom. The van der Waals surface area contributed by atoms with Gasteiger partial charge in [0, 0.05) is 13.2 Å². The molecule has 0 saturated carbocycles. The molecule has 0 aliphatic rings. The zero-order valence-corrected chi connectivity index (χ0v) is 22.5. The number of allylic oxidation sites excluding steroid dienone is 2. The number of likely N-dealkylation sites (N-methyl/N-ethyl adjacent to an activating group) is 1. The maximum atomic E-state index is 11.7. The first-order chi connectivity index (χ1) is 15.9. The summed E-state index contributed by atoms with van der Waals surface area (Å²) in [6.45, 7) is 3.23. The molecule has 33 heavy (non-hydrogen) atoms. The maximum absolute atomic E-state index is 11.7. The van der Waals surface area contributed by atoms with Crippen LogP contribution in [-0.2, 0) is 18.3 Å². The Morgan fingerprint density at radius 2 is 1.33 bits per heavy atom. The Morgan fingerprint density at radius 3 is 1.91 bits per heavy atom. The lowest BCUT2D eigenvalue weighted by atomic mass is 10.1. The molecule has 7 nitrogen and oxygen atoms in total. The number of aliphatic hydroxyl groups excluding tert-OH is 1. The molecule has 0 aromatic carbocycles. The van der Waals surface area contributed by atoms with Crippen LogP contribution >= 0.6 is 7.82 Å². The summed E-state index contributed by atoms with van der Waals surface area (Å²) >= 11 is 0. The Labute approximate surface area is 203 Å². The van der Waals surface area contributed by atoms with Gasteiger partial charge in [-0.2, -0.15) is 0 Å². The topological polar surface area (TPSA) is 88.5 Å². The monoisotopic (exact) mass is 493 g/mol. The second-order valence-corrected chi connectivity index (χ2v) is 10.5. The van der Waals surface area contributed by atoms with Crippen molar-refractivity contribution in [3.8, 4) is 0 Å². The molecule has 0 spiro atoms. The molecule has 0 aromatic rings. The Balaban J connectivity index is 3.38. The lowest BCUT2D eigenvalue weighted by Gasteiger charge is -2.16. The summed E-state index contributed by atoms with van der Waals surface area (Å²) in [5, 5.41) is 9.81.